The summed E-state index contributed by atoms with van der Waals surface area (Å²) in [5.74, 6) is -0.0139. The Bertz CT molecular complexity index is 779. The van der Waals surface area contributed by atoms with E-state index in [9.17, 15) is 9.59 Å². The van der Waals surface area contributed by atoms with Crippen molar-refractivity contribution in [1.29, 1.82) is 0 Å². The predicted octanol–water partition coefficient (Wildman–Crippen LogP) is 0.753. The first-order valence-electron chi connectivity index (χ1n) is 8.35. The molecule has 2 saturated heterocycles. The number of hydrogen-bond acceptors (Lipinski definition) is 6. The third kappa shape index (κ3) is 3.05. The number of oxazole rings is 1. The lowest BCUT2D eigenvalue weighted by Crippen LogP contribution is -2.42. The average Bonchev–Trinajstić information content (AvgIpc) is 2.97. The van der Waals surface area contributed by atoms with Crippen molar-refractivity contribution in [3.8, 4) is 0 Å². The fraction of sp³-hybridized carbons (Fsp3) is 0.471. The molecule has 7 heteroatoms. The standard InChI is InChI=1S/C17H20N4O3/c22-15-4-2-12(17(23)20-15)11-1-3-14-13(9-11)19-16(24-14)10-21-7-5-18-6-8-21/h1,3,9,12,18H,2,4-8,10H2,(H,20,22,23). The number of carbonyl (C=O) groups is 2. The van der Waals surface area contributed by atoms with E-state index < -0.39 is 0 Å². The number of amides is 2. The molecule has 1 atom stereocenters. The highest BCUT2D eigenvalue weighted by Crippen LogP contribution is 2.28. The molecule has 2 aliphatic rings. The minimum absolute atomic E-state index is 0.197. The molecule has 2 amide bonds. The number of benzene rings is 1. The van der Waals surface area contributed by atoms with Crippen molar-refractivity contribution in [3.05, 3.63) is 29.7 Å². The van der Waals surface area contributed by atoms with Crippen molar-refractivity contribution in [3.63, 3.8) is 0 Å². The number of imide groups is 1. The van der Waals surface area contributed by atoms with Crippen molar-refractivity contribution in [2.24, 2.45) is 0 Å². The lowest BCUT2D eigenvalue weighted by atomic mass is 9.90. The summed E-state index contributed by atoms with van der Waals surface area (Å²) in [5.41, 5.74) is 2.38. The Kier molecular flexibility index (Phi) is 4.03. The number of fused-ring (bicyclic) bond motifs is 1. The van der Waals surface area contributed by atoms with Crippen LogP contribution in [-0.2, 0) is 16.1 Å². The van der Waals surface area contributed by atoms with E-state index in [1.807, 2.05) is 18.2 Å². The SMILES string of the molecule is O=C1CCC(c2ccc3oc(CN4CCNCC4)nc3c2)C(=O)N1. The first kappa shape index (κ1) is 15.3. The van der Waals surface area contributed by atoms with Crippen LogP contribution in [0.15, 0.2) is 22.6 Å². The molecule has 0 bridgehead atoms. The molecule has 2 aliphatic heterocycles. The molecule has 1 aromatic carbocycles. The van der Waals surface area contributed by atoms with Gasteiger partial charge in [-0.15, -0.1) is 0 Å². The summed E-state index contributed by atoms with van der Waals surface area (Å²) in [6.45, 7) is 4.64. The van der Waals surface area contributed by atoms with Crippen LogP contribution in [0.4, 0.5) is 0 Å². The van der Waals surface area contributed by atoms with E-state index in [1.54, 1.807) is 0 Å². The monoisotopic (exact) mass is 328 g/mol. The summed E-state index contributed by atoms with van der Waals surface area (Å²) in [4.78, 5) is 30.2. The van der Waals surface area contributed by atoms with Crippen molar-refractivity contribution in [2.45, 2.75) is 25.3 Å². The molecule has 0 saturated carbocycles. The second-order valence-electron chi connectivity index (χ2n) is 6.36. The largest absolute Gasteiger partial charge is 0.439 e. The maximum Gasteiger partial charge on any atom is 0.234 e. The summed E-state index contributed by atoms with van der Waals surface area (Å²) < 4.78 is 5.83. The van der Waals surface area contributed by atoms with Gasteiger partial charge in [-0.2, -0.15) is 0 Å². The first-order valence-corrected chi connectivity index (χ1v) is 8.35. The molecule has 0 spiro atoms. The van der Waals surface area contributed by atoms with Gasteiger partial charge in [-0.3, -0.25) is 19.8 Å². The summed E-state index contributed by atoms with van der Waals surface area (Å²) in [6.07, 6.45) is 0.920. The average molecular weight is 328 g/mol. The number of nitrogens with zero attached hydrogens (tertiary/aromatic N) is 2. The van der Waals surface area contributed by atoms with E-state index in [0.717, 1.165) is 42.8 Å². The Labute approximate surface area is 139 Å². The molecule has 3 heterocycles. The van der Waals surface area contributed by atoms with Gasteiger partial charge in [0.15, 0.2) is 5.58 Å². The number of nitrogens with one attached hydrogen (secondary N) is 2. The van der Waals surface area contributed by atoms with Crippen LogP contribution in [0.5, 0.6) is 0 Å². The molecule has 2 N–H and O–H groups in total. The van der Waals surface area contributed by atoms with Gasteiger partial charge in [-0.05, 0) is 24.1 Å². The van der Waals surface area contributed by atoms with Crippen LogP contribution in [-0.4, -0.2) is 47.9 Å². The van der Waals surface area contributed by atoms with Crippen molar-refractivity contribution in [1.82, 2.24) is 20.5 Å². The normalized spacial score (nSPS) is 22.8. The minimum atomic E-state index is -0.291. The van der Waals surface area contributed by atoms with E-state index in [1.165, 1.54) is 0 Å². The van der Waals surface area contributed by atoms with Gasteiger partial charge in [0.2, 0.25) is 17.7 Å². The van der Waals surface area contributed by atoms with E-state index >= 15 is 0 Å². The summed E-state index contributed by atoms with van der Waals surface area (Å²) >= 11 is 0. The quantitative estimate of drug-likeness (QED) is 0.809. The lowest BCUT2D eigenvalue weighted by Gasteiger charge is -2.25. The third-order valence-corrected chi connectivity index (χ3v) is 4.67. The summed E-state index contributed by atoms with van der Waals surface area (Å²) in [5, 5.41) is 5.72. The molecule has 1 unspecified atom stereocenters. The maximum absolute atomic E-state index is 12.0. The highest BCUT2D eigenvalue weighted by Gasteiger charge is 2.28. The molecule has 0 aliphatic carbocycles. The zero-order chi connectivity index (χ0) is 16.5. The van der Waals surface area contributed by atoms with Crippen LogP contribution in [0.3, 0.4) is 0 Å². The zero-order valence-electron chi connectivity index (χ0n) is 13.4. The molecule has 24 heavy (non-hydrogen) atoms. The Morgan fingerprint density at radius 1 is 1.25 bits per heavy atom. The Balaban J connectivity index is 1.54. The first-order chi connectivity index (χ1) is 11.7. The number of aromatic nitrogens is 1. The van der Waals surface area contributed by atoms with Gasteiger partial charge in [-0.25, -0.2) is 4.98 Å². The Morgan fingerprint density at radius 2 is 2.08 bits per heavy atom. The van der Waals surface area contributed by atoms with Gasteiger partial charge < -0.3 is 9.73 Å². The smallest absolute Gasteiger partial charge is 0.234 e. The van der Waals surface area contributed by atoms with Crippen LogP contribution in [0.2, 0.25) is 0 Å². The second kappa shape index (κ2) is 6.33. The highest BCUT2D eigenvalue weighted by atomic mass is 16.3. The van der Waals surface area contributed by atoms with Crippen LogP contribution in [0, 0.1) is 0 Å². The van der Waals surface area contributed by atoms with Gasteiger partial charge in [0.05, 0.1) is 12.5 Å². The number of piperidine rings is 1. The predicted molar refractivity (Wildman–Crippen MR) is 87.3 cm³/mol. The Morgan fingerprint density at radius 3 is 2.88 bits per heavy atom. The molecule has 1 aromatic heterocycles. The number of carbonyl (C=O) groups excluding carboxylic acids is 2. The van der Waals surface area contributed by atoms with E-state index in [0.29, 0.717) is 25.3 Å². The van der Waals surface area contributed by atoms with Gasteiger partial charge in [0.1, 0.15) is 5.52 Å². The Hall–Kier alpha value is -2.25. The second-order valence-corrected chi connectivity index (χ2v) is 6.36. The highest BCUT2D eigenvalue weighted by molar-refractivity contribution is 6.01. The van der Waals surface area contributed by atoms with Crippen LogP contribution in [0.1, 0.15) is 30.2 Å². The van der Waals surface area contributed by atoms with E-state index in [-0.39, 0.29) is 17.7 Å². The topological polar surface area (TPSA) is 87.5 Å². The number of hydrogen-bond donors (Lipinski definition) is 2. The number of rotatable bonds is 3. The zero-order valence-corrected chi connectivity index (χ0v) is 13.4. The van der Waals surface area contributed by atoms with Crippen molar-refractivity contribution in [2.75, 3.05) is 26.2 Å². The van der Waals surface area contributed by atoms with E-state index in [4.69, 9.17) is 4.42 Å². The third-order valence-electron chi connectivity index (χ3n) is 4.67. The molecule has 2 fully saturated rings. The lowest BCUT2D eigenvalue weighted by molar-refractivity contribution is -0.134. The molecule has 2 aromatic rings. The van der Waals surface area contributed by atoms with Crippen LogP contribution >= 0.6 is 0 Å². The van der Waals surface area contributed by atoms with Gasteiger partial charge in [0.25, 0.3) is 0 Å². The van der Waals surface area contributed by atoms with Gasteiger partial charge >= 0.3 is 0 Å². The van der Waals surface area contributed by atoms with Crippen LogP contribution in [0.25, 0.3) is 11.1 Å². The molecular formula is C17H20N4O3. The van der Waals surface area contributed by atoms with Gasteiger partial charge in [0, 0.05) is 32.6 Å². The molecule has 0 radical (unpaired) electrons. The summed E-state index contributed by atoms with van der Waals surface area (Å²) in [6, 6.07) is 5.66. The summed E-state index contributed by atoms with van der Waals surface area (Å²) in [7, 11) is 0. The van der Waals surface area contributed by atoms with Crippen molar-refractivity contribution < 1.29 is 14.0 Å². The maximum atomic E-state index is 12.0. The molecule has 126 valence electrons. The van der Waals surface area contributed by atoms with Gasteiger partial charge in [-0.1, -0.05) is 6.07 Å². The fourth-order valence-electron chi connectivity index (χ4n) is 3.35. The molecule has 4 rings (SSSR count). The van der Waals surface area contributed by atoms with Crippen LogP contribution < -0.4 is 10.6 Å². The molecule has 7 nitrogen and oxygen atoms in total. The fourth-order valence-corrected chi connectivity index (χ4v) is 3.35. The molecular weight excluding hydrogens is 308 g/mol. The van der Waals surface area contributed by atoms with Crippen molar-refractivity contribution >= 4 is 22.9 Å². The van der Waals surface area contributed by atoms with E-state index in [2.05, 4.69) is 20.5 Å². The minimum Gasteiger partial charge on any atom is -0.439 e. The number of piperazine rings is 1.